The SMILES string of the molecule is O=C(NCC1=CC=CC=I1)c1cc(Cl)c2cc(OC(F)(F)F)cc(/C=C/c3ccccc3)c2n1. The van der Waals surface area contributed by atoms with Gasteiger partial charge in [0.25, 0.3) is 5.91 Å². The van der Waals surface area contributed by atoms with Gasteiger partial charge in [0.15, 0.2) is 0 Å². The van der Waals surface area contributed by atoms with Crippen molar-refractivity contribution in [2.24, 2.45) is 0 Å². The molecule has 1 aliphatic rings. The summed E-state index contributed by atoms with van der Waals surface area (Å²) < 4.78 is 46.0. The van der Waals surface area contributed by atoms with Crippen LogP contribution in [0.15, 0.2) is 70.3 Å². The Kier molecular flexibility index (Phi) is 7.47. The van der Waals surface area contributed by atoms with E-state index < -0.39 is 18.0 Å². The van der Waals surface area contributed by atoms with Gasteiger partial charge in [-0.05, 0) is 27.8 Å². The monoisotopic (exact) mass is 596 g/mol. The zero-order valence-electron chi connectivity index (χ0n) is 17.4. The van der Waals surface area contributed by atoms with Crippen LogP contribution in [0.25, 0.3) is 23.1 Å². The molecule has 0 fully saturated rings. The van der Waals surface area contributed by atoms with Crippen LogP contribution in [-0.2, 0) is 0 Å². The third kappa shape index (κ3) is 6.32. The van der Waals surface area contributed by atoms with Crippen molar-refractivity contribution in [1.82, 2.24) is 10.3 Å². The highest BCUT2D eigenvalue weighted by atomic mass is 127. The molecule has 34 heavy (non-hydrogen) atoms. The first kappa shape index (κ1) is 24.2. The van der Waals surface area contributed by atoms with E-state index in [1.165, 1.54) is 18.2 Å². The normalized spacial score (nSPS) is 13.6. The molecular weight excluding hydrogens is 580 g/mol. The number of fused-ring (bicyclic) bond motifs is 1. The van der Waals surface area contributed by atoms with Crippen molar-refractivity contribution in [3.63, 3.8) is 0 Å². The van der Waals surface area contributed by atoms with Crippen LogP contribution in [0.1, 0.15) is 21.6 Å². The van der Waals surface area contributed by atoms with Crippen LogP contribution < -0.4 is 10.1 Å². The molecule has 0 aliphatic carbocycles. The molecule has 1 N–H and O–H groups in total. The second kappa shape index (κ2) is 10.5. The van der Waals surface area contributed by atoms with Gasteiger partial charge in [0.1, 0.15) is 11.4 Å². The Balaban J connectivity index is 1.72. The minimum absolute atomic E-state index is 0.0745. The average molecular weight is 597 g/mol. The fourth-order valence-corrected chi connectivity index (χ4v) is 5.16. The predicted octanol–water partition coefficient (Wildman–Crippen LogP) is 6.91. The Bertz CT molecular complexity index is 1350. The van der Waals surface area contributed by atoms with Gasteiger partial charge in [-0.3, -0.25) is 4.79 Å². The first-order chi connectivity index (χ1) is 16.3. The molecule has 0 unspecified atom stereocenters. The number of carbonyl (C=O) groups is 1. The van der Waals surface area contributed by atoms with Gasteiger partial charge in [-0.25, -0.2) is 4.98 Å². The zero-order valence-corrected chi connectivity index (χ0v) is 20.4. The predicted molar refractivity (Wildman–Crippen MR) is 138 cm³/mol. The van der Waals surface area contributed by atoms with Crippen LogP contribution in [0.3, 0.4) is 0 Å². The lowest BCUT2D eigenvalue weighted by molar-refractivity contribution is -0.274. The number of carbonyl (C=O) groups excluding carboxylic acids is 1. The number of ether oxygens (including phenoxy) is 1. The minimum atomic E-state index is -4.86. The average Bonchev–Trinajstić information content (AvgIpc) is 2.81. The summed E-state index contributed by atoms with van der Waals surface area (Å²) in [5.74, 6) is -0.844. The standard InChI is InChI=1S/C25H17ClF3IN2O2/c26-21-14-22(24(33)31-15-18-8-4-5-11-30-18)32-23-17(10-9-16-6-2-1-3-7-16)12-19(13-20(21)23)34-25(27,28)29/h1-14H,15H2,(H,31,33)/b10-9+. The Hall–Kier alpha value is -2.98. The molecule has 0 atom stereocenters. The molecule has 0 saturated carbocycles. The number of rotatable bonds is 6. The third-order valence-corrected chi connectivity index (χ3v) is 7.30. The Morgan fingerprint density at radius 2 is 1.91 bits per heavy atom. The Morgan fingerprint density at radius 1 is 1.12 bits per heavy atom. The molecule has 0 bridgehead atoms. The van der Waals surface area contributed by atoms with Crippen LogP contribution in [0.2, 0.25) is 5.02 Å². The second-order valence-corrected chi connectivity index (χ2v) is 10.2. The number of pyridine rings is 1. The highest BCUT2D eigenvalue weighted by Gasteiger charge is 2.31. The number of nitrogens with zero attached hydrogens (tertiary/aromatic N) is 1. The smallest absolute Gasteiger partial charge is 0.406 e. The molecule has 2 aromatic carbocycles. The maximum Gasteiger partial charge on any atom is 0.573 e. The van der Waals surface area contributed by atoms with E-state index in [2.05, 4.69) is 19.0 Å². The number of amides is 1. The maximum atomic E-state index is 12.9. The van der Waals surface area contributed by atoms with E-state index in [-0.39, 0.29) is 36.8 Å². The number of hydrogen-bond donors (Lipinski definition) is 1. The summed E-state index contributed by atoms with van der Waals surface area (Å²) in [4.78, 5) is 17.2. The summed E-state index contributed by atoms with van der Waals surface area (Å²) in [5.41, 5.74) is 1.54. The Labute approximate surface area is 208 Å². The molecule has 1 aromatic heterocycles. The fourth-order valence-electron chi connectivity index (χ4n) is 3.18. The Morgan fingerprint density at radius 3 is 2.62 bits per heavy atom. The molecule has 0 saturated heterocycles. The van der Waals surface area contributed by atoms with Gasteiger partial charge in [-0.2, -0.15) is 0 Å². The van der Waals surface area contributed by atoms with Gasteiger partial charge >= 0.3 is 6.36 Å². The van der Waals surface area contributed by atoms with E-state index in [9.17, 15) is 18.0 Å². The van der Waals surface area contributed by atoms with Gasteiger partial charge in [-0.15, -0.1) is 13.2 Å². The fraction of sp³-hybridized carbons (Fsp3) is 0.0800. The number of nitrogens with one attached hydrogen (secondary N) is 1. The van der Waals surface area contributed by atoms with Crippen molar-refractivity contribution >= 4 is 65.3 Å². The number of allylic oxidation sites excluding steroid dienone is 3. The first-order valence-electron chi connectivity index (χ1n) is 10.0. The van der Waals surface area contributed by atoms with Crippen LogP contribution in [-0.4, -0.2) is 27.8 Å². The second-order valence-electron chi connectivity index (χ2n) is 7.11. The van der Waals surface area contributed by atoms with Crippen molar-refractivity contribution in [1.29, 1.82) is 0 Å². The van der Waals surface area contributed by atoms with E-state index in [4.69, 9.17) is 11.6 Å². The van der Waals surface area contributed by atoms with E-state index in [1.54, 1.807) is 12.2 Å². The van der Waals surface area contributed by atoms with E-state index >= 15 is 0 Å². The van der Waals surface area contributed by atoms with Crippen LogP contribution in [0.4, 0.5) is 13.2 Å². The number of alkyl halides is 3. The lowest BCUT2D eigenvalue weighted by Crippen LogP contribution is -2.25. The summed E-state index contributed by atoms with van der Waals surface area (Å²) in [6.07, 6.45) is 4.36. The van der Waals surface area contributed by atoms with Gasteiger partial charge < -0.3 is 10.1 Å². The van der Waals surface area contributed by atoms with E-state index in [1.807, 2.05) is 48.6 Å². The van der Waals surface area contributed by atoms with Crippen molar-refractivity contribution in [3.8, 4) is 5.75 Å². The molecule has 0 radical (unpaired) electrons. The third-order valence-electron chi connectivity index (χ3n) is 4.67. The van der Waals surface area contributed by atoms with Gasteiger partial charge in [0.05, 0.1) is 10.5 Å². The highest BCUT2D eigenvalue weighted by Crippen LogP contribution is 2.33. The summed E-state index contributed by atoms with van der Waals surface area (Å²) >= 11 is 6.12. The molecule has 3 aromatic rings. The summed E-state index contributed by atoms with van der Waals surface area (Å²) in [6, 6.07) is 13.0. The summed E-state index contributed by atoms with van der Waals surface area (Å²) in [7, 11) is 0. The lowest BCUT2D eigenvalue weighted by Gasteiger charge is -2.13. The lowest BCUT2D eigenvalue weighted by atomic mass is 10.1. The number of hydrogen-bond acceptors (Lipinski definition) is 3. The minimum Gasteiger partial charge on any atom is -0.406 e. The maximum absolute atomic E-state index is 12.9. The molecule has 4 nitrogen and oxygen atoms in total. The van der Waals surface area contributed by atoms with E-state index in [0.717, 1.165) is 9.14 Å². The van der Waals surface area contributed by atoms with Crippen molar-refractivity contribution in [2.45, 2.75) is 6.36 Å². The quantitative estimate of drug-likeness (QED) is 0.249. The van der Waals surface area contributed by atoms with Gasteiger partial charge in [-0.1, -0.05) is 93.0 Å². The van der Waals surface area contributed by atoms with Crippen LogP contribution >= 0.6 is 32.3 Å². The summed E-state index contributed by atoms with van der Waals surface area (Å²) in [6.45, 7) is 0.392. The molecule has 9 heteroatoms. The number of benzene rings is 2. The van der Waals surface area contributed by atoms with Crippen LogP contribution in [0, 0.1) is 0 Å². The molecule has 4 rings (SSSR count). The zero-order chi connectivity index (χ0) is 24.1. The number of halogens is 5. The molecule has 174 valence electrons. The number of aromatic nitrogens is 1. The van der Waals surface area contributed by atoms with Crippen LogP contribution in [0.5, 0.6) is 5.75 Å². The summed E-state index contributed by atoms with van der Waals surface area (Å²) in [5, 5.41) is 3.17. The molecule has 0 spiro atoms. The highest BCUT2D eigenvalue weighted by molar-refractivity contribution is 14.2. The van der Waals surface area contributed by atoms with Gasteiger partial charge in [0, 0.05) is 21.1 Å². The van der Waals surface area contributed by atoms with Crippen molar-refractivity contribution in [3.05, 3.63) is 92.2 Å². The first-order valence-corrected chi connectivity index (χ1v) is 12.7. The topological polar surface area (TPSA) is 51.2 Å². The molecule has 2 heterocycles. The molecule has 1 aliphatic heterocycles. The molecular formula is C25H17ClF3IN2O2. The molecule has 1 amide bonds. The van der Waals surface area contributed by atoms with Crippen molar-refractivity contribution in [2.75, 3.05) is 6.54 Å². The van der Waals surface area contributed by atoms with Gasteiger partial charge in [0.2, 0.25) is 0 Å². The van der Waals surface area contributed by atoms with Crippen molar-refractivity contribution < 1.29 is 22.7 Å². The van der Waals surface area contributed by atoms with E-state index in [0.29, 0.717) is 17.6 Å². The largest absolute Gasteiger partial charge is 0.573 e.